The molecule has 2 aromatic rings. The van der Waals surface area contributed by atoms with Crippen LogP contribution in [0.3, 0.4) is 0 Å². The van der Waals surface area contributed by atoms with Crippen molar-refractivity contribution in [3.8, 4) is 5.75 Å². The van der Waals surface area contributed by atoms with E-state index in [0.717, 1.165) is 18.4 Å². The van der Waals surface area contributed by atoms with Crippen molar-refractivity contribution in [2.24, 2.45) is 0 Å². The summed E-state index contributed by atoms with van der Waals surface area (Å²) in [4.78, 5) is 24.3. The fraction of sp³-hybridized carbons (Fsp3) is 0.300. The number of aryl methyl sites for hydroxylation is 1. The molecule has 132 valence electrons. The molecule has 0 aromatic heterocycles. The lowest BCUT2D eigenvalue weighted by Gasteiger charge is -2.11. The van der Waals surface area contributed by atoms with Crippen LogP contribution in [0.15, 0.2) is 42.5 Å². The lowest BCUT2D eigenvalue weighted by Crippen LogP contribution is -2.14. The first-order valence-corrected chi connectivity index (χ1v) is 8.29. The number of carbonyl (C=O) groups excluding carboxylic acids is 2. The summed E-state index contributed by atoms with van der Waals surface area (Å²) in [5, 5.41) is 2.81. The van der Waals surface area contributed by atoms with E-state index in [9.17, 15) is 9.59 Å². The predicted octanol–water partition coefficient (Wildman–Crippen LogP) is 4.21. The minimum Gasteiger partial charge on any atom is -0.496 e. The van der Waals surface area contributed by atoms with Crippen LogP contribution >= 0.6 is 0 Å². The fourth-order valence-electron chi connectivity index (χ4n) is 2.38. The zero-order valence-corrected chi connectivity index (χ0v) is 14.8. The minimum absolute atomic E-state index is 0.265. The van der Waals surface area contributed by atoms with Crippen molar-refractivity contribution in [3.05, 3.63) is 59.2 Å². The number of nitrogens with one attached hydrogen (secondary N) is 1. The molecule has 1 N–H and O–H groups in total. The number of para-hydroxylation sites is 1. The second-order valence-electron chi connectivity index (χ2n) is 5.68. The van der Waals surface area contributed by atoms with Gasteiger partial charge in [0, 0.05) is 5.69 Å². The van der Waals surface area contributed by atoms with Gasteiger partial charge in [0.2, 0.25) is 0 Å². The second kappa shape index (κ2) is 8.87. The lowest BCUT2D eigenvalue weighted by molar-refractivity contribution is 0.0499. The summed E-state index contributed by atoms with van der Waals surface area (Å²) in [5.41, 5.74) is 2.41. The van der Waals surface area contributed by atoms with Crippen molar-refractivity contribution in [3.63, 3.8) is 0 Å². The summed E-state index contributed by atoms with van der Waals surface area (Å²) in [6.07, 6.45) is 1.82. The van der Waals surface area contributed by atoms with Gasteiger partial charge in [-0.25, -0.2) is 4.79 Å². The van der Waals surface area contributed by atoms with Gasteiger partial charge in [-0.3, -0.25) is 4.79 Å². The maximum Gasteiger partial charge on any atom is 0.338 e. The van der Waals surface area contributed by atoms with E-state index >= 15 is 0 Å². The van der Waals surface area contributed by atoms with E-state index in [4.69, 9.17) is 9.47 Å². The van der Waals surface area contributed by atoms with Crippen molar-refractivity contribution in [1.82, 2.24) is 0 Å². The molecule has 0 spiro atoms. The first-order chi connectivity index (χ1) is 12.1. The first kappa shape index (κ1) is 18.5. The third kappa shape index (κ3) is 4.83. The number of rotatable bonds is 7. The molecule has 0 aliphatic heterocycles. The van der Waals surface area contributed by atoms with Crippen LogP contribution in [0, 0.1) is 6.92 Å². The molecule has 0 heterocycles. The Bertz CT molecular complexity index is 738. The Morgan fingerprint density at radius 3 is 2.44 bits per heavy atom. The van der Waals surface area contributed by atoms with Gasteiger partial charge in [0.05, 0.1) is 24.8 Å². The average Bonchev–Trinajstić information content (AvgIpc) is 2.62. The molecule has 2 rings (SSSR count). The van der Waals surface area contributed by atoms with Crippen LogP contribution in [0.5, 0.6) is 5.75 Å². The minimum atomic E-state index is -0.355. The number of amides is 1. The Hall–Kier alpha value is -2.82. The van der Waals surface area contributed by atoms with Crippen molar-refractivity contribution < 1.29 is 19.1 Å². The molecule has 0 bridgehead atoms. The van der Waals surface area contributed by atoms with Gasteiger partial charge in [0.1, 0.15) is 5.75 Å². The molecule has 5 heteroatoms. The molecule has 2 aromatic carbocycles. The Morgan fingerprint density at radius 1 is 1.08 bits per heavy atom. The van der Waals surface area contributed by atoms with E-state index in [2.05, 4.69) is 5.32 Å². The van der Waals surface area contributed by atoms with E-state index in [1.165, 1.54) is 7.11 Å². The van der Waals surface area contributed by atoms with E-state index in [1.807, 2.05) is 26.0 Å². The number of methoxy groups -OCH3 is 1. The molecule has 0 saturated carbocycles. The monoisotopic (exact) mass is 341 g/mol. The maximum absolute atomic E-state index is 12.5. The second-order valence-corrected chi connectivity index (χ2v) is 5.68. The molecule has 0 radical (unpaired) electrons. The zero-order valence-electron chi connectivity index (χ0n) is 14.8. The average molecular weight is 341 g/mol. The fourth-order valence-corrected chi connectivity index (χ4v) is 2.38. The van der Waals surface area contributed by atoms with Crippen LogP contribution in [0.1, 0.15) is 46.0 Å². The number of anilines is 1. The molecule has 1 amide bonds. The van der Waals surface area contributed by atoms with Crippen molar-refractivity contribution in [1.29, 1.82) is 0 Å². The zero-order chi connectivity index (χ0) is 18.2. The summed E-state index contributed by atoms with van der Waals surface area (Å²) >= 11 is 0. The van der Waals surface area contributed by atoms with Crippen LogP contribution in [0.4, 0.5) is 5.69 Å². The van der Waals surface area contributed by atoms with Gasteiger partial charge in [0.25, 0.3) is 5.91 Å². The summed E-state index contributed by atoms with van der Waals surface area (Å²) in [6.45, 7) is 4.34. The number of hydrogen-bond donors (Lipinski definition) is 1. The predicted molar refractivity (Wildman–Crippen MR) is 97.3 cm³/mol. The third-order valence-corrected chi connectivity index (χ3v) is 3.77. The number of carbonyl (C=O) groups is 2. The van der Waals surface area contributed by atoms with Crippen LogP contribution < -0.4 is 10.1 Å². The normalized spacial score (nSPS) is 10.2. The Morgan fingerprint density at radius 2 is 1.80 bits per heavy atom. The summed E-state index contributed by atoms with van der Waals surface area (Å²) in [6, 6.07) is 12.0. The Balaban J connectivity index is 2.05. The van der Waals surface area contributed by atoms with Gasteiger partial charge in [-0.05, 0) is 49.2 Å². The highest BCUT2D eigenvalue weighted by atomic mass is 16.5. The van der Waals surface area contributed by atoms with Crippen LogP contribution in [-0.4, -0.2) is 25.6 Å². The van der Waals surface area contributed by atoms with Gasteiger partial charge in [0.15, 0.2) is 0 Å². The van der Waals surface area contributed by atoms with Crippen LogP contribution in [-0.2, 0) is 4.74 Å². The summed E-state index contributed by atoms with van der Waals surface area (Å²) < 4.78 is 10.5. The van der Waals surface area contributed by atoms with Gasteiger partial charge in [-0.1, -0.05) is 25.5 Å². The molecule has 0 saturated heterocycles. The van der Waals surface area contributed by atoms with Crippen molar-refractivity contribution in [2.75, 3.05) is 19.0 Å². The van der Waals surface area contributed by atoms with E-state index in [1.54, 1.807) is 30.3 Å². The molecular formula is C20H23NO4. The molecule has 25 heavy (non-hydrogen) atoms. The summed E-state index contributed by atoms with van der Waals surface area (Å²) in [5.74, 6) is -0.0679. The van der Waals surface area contributed by atoms with Gasteiger partial charge >= 0.3 is 5.97 Å². The van der Waals surface area contributed by atoms with E-state index in [0.29, 0.717) is 29.2 Å². The topological polar surface area (TPSA) is 64.6 Å². The van der Waals surface area contributed by atoms with E-state index < -0.39 is 0 Å². The molecule has 0 unspecified atom stereocenters. The van der Waals surface area contributed by atoms with Crippen molar-refractivity contribution >= 4 is 17.6 Å². The quantitative estimate of drug-likeness (QED) is 0.605. The number of esters is 1. The smallest absolute Gasteiger partial charge is 0.338 e. The molecular weight excluding hydrogens is 318 g/mol. The summed E-state index contributed by atoms with van der Waals surface area (Å²) in [7, 11) is 1.54. The standard InChI is InChI=1S/C20H23NO4/c1-4-5-13-25-20(23)15-9-11-16(12-10-15)21-19(22)17-8-6-7-14(2)18(17)24-3/h6-12H,4-5,13H2,1-3H3,(H,21,22). The number of unbranched alkanes of at least 4 members (excludes halogenated alkanes) is 1. The highest BCUT2D eigenvalue weighted by molar-refractivity contribution is 6.06. The van der Waals surface area contributed by atoms with Gasteiger partial charge < -0.3 is 14.8 Å². The maximum atomic E-state index is 12.5. The Kier molecular flexibility index (Phi) is 6.57. The molecule has 0 atom stereocenters. The number of benzene rings is 2. The SMILES string of the molecule is CCCCOC(=O)c1ccc(NC(=O)c2cccc(C)c2OC)cc1. The molecule has 0 fully saturated rings. The molecule has 0 aliphatic rings. The van der Waals surface area contributed by atoms with Gasteiger partial charge in [-0.15, -0.1) is 0 Å². The highest BCUT2D eigenvalue weighted by Crippen LogP contribution is 2.24. The third-order valence-electron chi connectivity index (χ3n) is 3.77. The van der Waals surface area contributed by atoms with Crippen LogP contribution in [0.2, 0.25) is 0 Å². The number of hydrogen-bond acceptors (Lipinski definition) is 4. The number of ether oxygens (including phenoxy) is 2. The first-order valence-electron chi connectivity index (χ1n) is 8.29. The molecule has 5 nitrogen and oxygen atoms in total. The van der Waals surface area contributed by atoms with Gasteiger partial charge in [-0.2, -0.15) is 0 Å². The Labute approximate surface area is 148 Å². The largest absolute Gasteiger partial charge is 0.496 e. The van der Waals surface area contributed by atoms with Crippen molar-refractivity contribution in [2.45, 2.75) is 26.7 Å². The van der Waals surface area contributed by atoms with E-state index in [-0.39, 0.29) is 11.9 Å². The molecule has 0 aliphatic carbocycles. The van der Waals surface area contributed by atoms with Crippen LogP contribution in [0.25, 0.3) is 0 Å². The lowest BCUT2D eigenvalue weighted by atomic mass is 10.1. The highest BCUT2D eigenvalue weighted by Gasteiger charge is 2.14.